The number of likely N-dealkylation sites (tertiary alicyclic amines) is 1. The van der Waals surface area contributed by atoms with Gasteiger partial charge in [-0.1, -0.05) is 6.42 Å². The summed E-state index contributed by atoms with van der Waals surface area (Å²) in [4.78, 5) is 24.7. The Hall–Kier alpha value is -2.15. The van der Waals surface area contributed by atoms with Crippen molar-refractivity contribution in [1.82, 2.24) is 9.88 Å². The van der Waals surface area contributed by atoms with Crippen molar-refractivity contribution in [3.63, 3.8) is 0 Å². The molecule has 2 heterocycles. The van der Waals surface area contributed by atoms with E-state index in [0.717, 1.165) is 12.4 Å². The Morgan fingerprint density at radius 1 is 1.36 bits per heavy atom. The normalized spacial score (nSPS) is 21.4. The molecule has 0 aliphatic carbocycles. The fourth-order valence-electron chi connectivity index (χ4n) is 2.17. The number of piperidine rings is 1. The van der Waals surface area contributed by atoms with Crippen molar-refractivity contribution in [1.29, 1.82) is 0 Å². The molecule has 2 N–H and O–H groups in total. The third kappa shape index (κ3) is 5.69. The van der Waals surface area contributed by atoms with Crippen LogP contribution in [0.15, 0.2) is 24.5 Å². The molecule has 1 aromatic rings. The predicted octanol–water partition coefficient (Wildman–Crippen LogP) is 1.49. The summed E-state index contributed by atoms with van der Waals surface area (Å²) in [6, 6.07) is 3.86. The summed E-state index contributed by atoms with van der Waals surface area (Å²) in [7, 11) is 2.19. The van der Waals surface area contributed by atoms with Crippen molar-refractivity contribution in [2.75, 3.05) is 20.2 Å². The molecule has 7 nitrogen and oxygen atoms in total. The molecule has 2 rings (SSSR count). The van der Waals surface area contributed by atoms with Crippen LogP contribution in [-0.2, 0) is 9.59 Å². The van der Waals surface area contributed by atoms with Gasteiger partial charge in [-0.05, 0) is 45.5 Å². The van der Waals surface area contributed by atoms with Crippen LogP contribution in [0.1, 0.15) is 26.2 Å². The van der Waals surface area contributed by atoms with E-state index in [1.807, 2.05) is 12.1 Å². The summed E-state index contributed by atoms with van der Waals surface area (Å²) in [6.45, 7) is 4.20. The first-order valence-electron chi connectivity index (χ1n) is 7.05. The summed E-state index contributed by atoms with van der Waals surface area (Å²) < 4.78 is 5.81. The fourth-order valence-corrected chi connectivity index (χ4v) is 2.17. The fraction of sp³-hybridized carbons (Fsp3) is 0.533. The number of hydrogen-bond acceptors (Lipinski definition) is 5. The number of rotatable bonds is 3. The zero-order chi connectivity index (χ0) is 16.6. The molecule has 0 amide bonds. The monoisotopic (exact) mass is 310 g/mol. The summed E-state index contributed by atoms with van der Waals surface area (Å²) in [5, 5.41) is 14.8. The first kappa shape index (κ1) is 17.9. The summed E-state index contributed by atoms with van der Waals surface area (Å²) >= 11 is 0. The van der Waals surface area contributed by atoms with Crippen LogP contribution < -0.4 is 4.74 Å². The number of ether oxygens (including phenoxy) is 1. The number of nitrogens with zero attached hydrogens (tertiary/aromatic N) is 2. The summed E-state index contributed by atoms with van der Waals surface area (Å²) in [6.07, 6.45) is 7.35. The van der Waals surface area contributed by atoms with Crippen molar-refractivity contribution in [3.05, 3.63) is 24.5 Å². The zero-order valence-corrected chi connectivity index (χ0v) is 12.9. The zero-order valence-electron chi connectivity index (χ0n) is 12.9. The Labute approximate surface area is 129 Å². The number of hydrogen-bond donors (Lipinski definition) is 2. The maximum Gasteiger partial charge on any atom is 0.414 e. The van der Waals surface area contributed by atoms with E-state index in [2.05, 4.69) is 23.9 Å². The molecular formula is C15H22N2O5. The molecule has 0 bridgehead atoms. The first-order valence-corrected chi connectivity index (χ1v) is 7.05. The van der Waals surface area contributed by atoms with E-state index in [1.165, 1.54) is 25.8 Å². The molecule has 1 aliphatic heterocycles. The molecule has 0 saturated carbocycles. The second-order valence-electron chi connectivity index (χ2n) is 5.46. The van der Waals surface area contributed by atoms with Gasteiger partial charge in [-0.2, -0.15) is 0 Å². The van der Waals surface area contributed by atoms with Gasteiger partial charge in [-0.3, -0.25) is 9.88 Å². The van der Waals surface area contributed by atoms with E-state index < -0.39 is 11.9 Å². The minimum absolute atomic E-state index is 0.175. The van der Waals surface area contributed by atoms with Gasteiger partial charge in [0.15, 0.2) is 0 Å². The van der Waals surface area contributed by atoms with Gasteiger partial charge in [0.1, 0.15) is 12.4 Å². The summed E-state index contributed by atoms with van der Waals surface area (Å²) in [5.74, 6) is -2.78. The van der Waals surface area contributed by atoms with Gasteiger partial charge in [0, 0.05) is 6.20 Å². The van der Waals surface area contributed by atoms with E-state index in [1.54, 1.807) is 12.4 Å². The van der Waals surface area contributed by atoms with Crippen molar-refractivity contribution < 1.29 is 24.5 Å². The molecule has 22 heavy (non-hydrogen) atoms. The van der Waals surface area contributed by atoms with Gasteiger partial charge in [-0.25, -0.2) is 9.59 Å². The number of pyridine rings is 1. The maximum absolute atomic E-state index is 9.10. The van der Waals surface area contributed by atoms with Gasteiger partial charge < -0.3 is 14.9 Å². The molecule has 0 aromatic carbocycles. The lowest BCUT2D eigenvalue weighted by atomic mass is 9.90. The van der Waals surface area contributed by atoms with Crippen LogP contribution in [0.25, 0.3) is 0 Å². The van der Waals surface area contributed by atoms with E-state index in [0.29, 0.717) is 0 Å². The Morgan fingerprint density at radius 2 is 2.05 bits per heavy atom. The molecule has 1 aliphatic rings. The van der Waals surface area contributed by atoms with Gasteiger partial charge in [-0.15, -0.1) is 0 Å². The highest BCUT2D eigenvalue weighted by Crippen LogP contribution is 2.27. The largest absolute Gasteiger partial charge is 0.490 e. The second-order valence-corrected chi connectivity index (χ2v) is 5.46. The minimum atomic E-state index is -1.82. The lowest BCUT2D eigenvalue weighted by Gasteiger charge is -2.42. The van der Waals surface area contributed by atoms with Gasteiger partial charge in [0.2, 0.25) is 0 Å². The average molecular weight is 310 g/mol. The van der Waals surface area contributed by atoms with Crippen LogP contribution in [0.5, 0.6) is 5.75 Å². The van der Waals surface area contributed by atoms with Gasteiger partial charge >= 0.3 is 11.9 Å². The molecule has 0 spiro atoms. The minimum Gasteiger partial charge on any atom is -0.490 e. The molecule has 7 heteroatoms. The molecule has 1 atom stereocenters. The Kier molecular flexibility index (Phi) is 6.78. The van der Waals surface area contributed by atoms with Crippen molar-refractivity contribution in [2.45, 2.75) is 31.7 Å². The number of carbonyl (C=O) groups is 2. The maximum atomic E-state index is 9.10. The van der Waals surface area contributed by atoms with E-state index >= 15 is 0 Å². The van der Waals surface area contributed by atoms with Crippen molar-refractivity contribution in [2.24, 2.45) is 0 Å². The van der Waals surface area contributed by atoms with E-state index in [4.69, 9.17) is 24.5 Å². The lowest BCUT2D eigenvalue weighted by Crippen LogP contribution is -2.51. The number of carboxylic acid groups (broad SMARTS) is 2. The number of likely N-dealkylation sites (N-methyl/N-ethyl adjacent to an activating group) is 1. The molecule has 1 aromatic heterocycles. The van der Waals surface area contributed by atoms with Crippen LogP contribution in [0, 0.1) is 0 Å². The van der Waals surface area contributed by atoms with Gasteiger partial charge in [0.05, 0.1) is 11.7 Å². The van der Waals surface area contributed by atoms with Crippen LogP contribution >= 0.6 is 0 Å². The standard InChI is InChI=1S/C13H20N2O.C2H2O4/c1-13(7-3-4-9-15(13)2)11-16-12-6-5-8-14-10-12;3-1(4)2(5)6/h5-6,8,10H,3-4,7,9,11H2,1-2H3;(H,3,4)(H,5,6). The van der Waals surface area contributed by atoms with E-state index in [9.17, 15) is 0 Å². The van der Waals surface area contributed by atoms with Crippen molar-refractivity contribution in [3.8, 4) is 5.75 Å². The SMILES string of the molecule is CN1CCCCC1(C)COc1cccnc1.O=C(O)C(=O)O. The Morgan fingerprint density at radius 3 is 2.55 bits per heavy atom. The number of carboxylic acids is 2. The van der Waals surface area contributed by atoms with Gasteiger partial charge in [0.25, 0.3) is 0 Å². The molecule has 1 saturated heterocycles. The highest BCUT2D eigenvalue weighted by Gasteiger charge is 2.32. The molecule has 1 unspecified atom stereocenters. The topological polar surface area (TPSA) is 100.0 Å². The Bertz CT molecular complexity index is 482. The lowest BCUT2D eigenvalue weighted by molar-refractivity contribution is -0.159. The molecular weight excluding hydrogens is 288 g/mol. The van der Waals surface area contributed by atoms with Crippen molar-refractivity contribution >= 4 is 11.9 Å². The number of aliphatic carboxylic acids is 2. The quantitative estimate of drug-likeness (QED) is 0.816. The second kappa shape index (κ2) is 8.33. The van der Waals surface area contributed by atoms with Crippen LogP contribution in [0.3, 0.4) is 0 Å². The number of aromatic nitrogens is 1. The highest BCUT2D eigenvalue weighted by molar-refractivity contribution is 6.27. The third-order valence-electron chi connectivity index (χ3n) is 3.75. The Balaban J connectivity index is 0.000000346. The summed E-state index contributed by atoms with van der Waals surface area (Å²) in [5.41, 5.74) is 0.175. The first-order chi connectivity index (χ1) is 10.3. The van der Waals surface area contributed by atoms with Crippen LogP contribution in [-0.4, -0.2) is 57.8 Å². The smallest absolute Gasteiger partial charge is 0.414 e. The van der Waals surface area contributed by atoms with Crippen LogP contribution in [0.2, 0.25) is 0 Å². The molecule has 0 radical (unpaired) electrons. The molecule has 1 fully saturated rings. The molecule has 122 valence electrons. The van der Waals surface area contributed by atoms with Crippen LogP contribution in [0.4, 0.5) is 0 Å². The predicted molar refractivity (Wildman–Crippen MR) is 79.9 cm³/mol. The third-order valence-corrected chi connectivity index (χ3v) is 3.75. The highest BCUT2D eigenvalue weighted by atomic mass is 16.5. The van der Waals surface area contributed by atoms with E-state index in [-0.39, 0.29) is 5.54 Å². The average Bonchev–Trinajstić information content (AvgIpc) is 2.50.